The minimum Gasteiger partial charge on any atom is -0.388 e. The summed E-state index contributed by atoms with van der Waals surface area (Å²) in [5.74, 6) is -0.491. The molecule has 0 aliphatic carbocycles. The first-order valence-electron chi connectivity index (χ1n) is 7.22. The van der Waals surface area contributed by atoms with Crippen LogP contribution in [0.25, 0.3) is 0 Å². The predicted octanol–water partition coefficient (Wildman–Crippen LogP) is 4.31. The molecule has 0 spiro atoms. The molecule has 1 atom stereocenters. The summed E-state index contributed by atoms with van der Waals surface area (Å²) in [4.78, 5) is 0. The van der Waals surface area contributed by atoms with Gasteiger partial charge in [0.25, 0.3) is 0 Å². The Kier molecular flexibility index (Phi) is 5.37. The molecule has 0 fully saturated rings. The van der Waals surface area contributed by atoms with Crippen LogP contribution < -0.4 is 0 Å². The summed E-state index contributed by atoms with van der Waals surface area (Å²) < 4.78 is 15.7. The zero-order valence-electron chi connectivity index (χ0n) is 12.3. The van der Waals surface area contributed by atoms with Gasteiger partial charge in [0.1, 0.15) is 5.82 Å². The summed E-state index contributed by atoms with van der Waals surface area (Å²) in [5.41, 5.74) is 0.866. The van der Waals surface area contributed by atoms with Gasteiger partial charge in [0.2, 0.25) is 0 Å². The molecule has 0 saturated carbocycles. The molecule has 1 heterocycles. The molecule has 1 aromatic carbocycles. The SMILES string of the molecule is CCC(CC)n1ccc(CC(O)c2c(F)cccc2Cl)n1. The topological polar surface area (TPSA) is 38.0 Å². The number of benzene rings is 1. The van der Waals surface area contributed by atoms with E-state index in [9.17, 15) is 9.50 Å². The van der Waals surface area contributed by atoms with E-state index in [1.54, 1.807) is 6.07 Å². The molecule has 0 bridgehead atoms. The normalized spacial score (nSPS) is 12.9. The molecule has 1 unspecified atom stereocenters. The van der Waals surface area contributed by atoms with E-state index in [4.69, 9.17) is 11.6 Å². The van der Waals surface area contributed by atoms with Gasteiger partial charge in [-0.1, -0.05) is 31.5 Å². The average molecular weight is 311 g/mol. The Bertz CT molecular complexity index is 575. The maximum atomic E-state index is 13.8. The zero-order chi connectivity index (χ0) is 15.4. The highest BCUT2D eigenvalue weighted by Gasteiger charge is 2.18. The van der Waals surface area contributed by atoms with E-state index in [2.05, 4.69) is 18.9 Å². The zero-order valence-corrected chi connectivity index (χ0v) is 13.0. The molecule has 0 saturated heterocycles. The van der Waals surface area contributed by atoms with Crippen molar-refractivity contribution in [2.75, 3.05) is 0 Å². The fourth-order valence-corrected chi connectivity index (χ4v) is 2.77. The number of nitrogens with zero attached hydrogens (tertiary/aromatic N) is 2. The Morgan fingerprint density at radius 2 is 2.00 bits per heavy atom. The van der Waals surface area contributed by atoms with Gasteiger partial charge in [-0.25, -0.2) is 4.39 Å². The van der Waals surface area contributed by atoms with Crippen LogP contribution in [-0.4, -0.2) is 14.9 Å². The summed E-state index contributed by atoms with van der Waals surface area (Å²) in [7, 11) is 0. The van der Waals surface area contributed by atoms with Crippen LogP contribution in [-0.2, 0) is 6.42 Å². The maximum absolute atomic E-state index is 13.8. The number of halogens is 2. The third-order valence-electron chi connectivity index (χ3n) is 3.72. The quantitative estimate of drug-likeness (QED) is 0.863. The summed E-state index contributed by atoms with van der Waals surface area (Å²) in [6, 6.07) is 6.61. The molecule has 2 rings (SSSR count). The molecule has 1 N–H and O–H groups in total. The van der Waals surface area contributed by atoms with Gasteiger partial charge >= 0.3 is 0 Å². The Morgan fingerprint density at radius 3 is 2.62 bits per heavy atom. The van der Waals surface area contributed by atoms with Gasteiger partial charge in [0.15, 0.2) is 0 Å². The number of hydrogen-bond acceptors (Lipinski definition) is 2. The van der Waals surface area contributed by atoms with Crippen LogP contribution in [0.4, 0.5) is 4.39 Å². The van der Waals surface area contributed by atoms with Gasteiger partial charge in [-0.2, -0.15) is 5.10 Å². The first-order valence-corrected chi connectivity index (χ1v) is 7.60. The van der Waals surface area contributed by atoms with Gasteiger partial charge in [-0.3, -0.25) is 4.68 Å². The van der Waals surface area contributed by atoms with Gasteiger partial charge in [0.05, 0.1) is 17.8 Å². The van der Waals surface area contributed by atoms with Gasteiger partial charge in [-0.15, -0.1) is 0 Å². The van der Waals surface area contributed by atoms with E-state index in [-0.39, 0.29) is 17.0 Å². The van der Waals surface area contributed by atoms with Crippen molar-refractivity contribution in [1.29, 1.82) is 0 Å². The van der Waals surface area contributed by atoms with Crippen LogP contribution in [0.2, 0.25) is 5.02 Å². The molecule has 5 heteroatoms. The Labute approximate surface area is 129 Å². The summed E-state index contributed by atoms with van der Waals surface area (Å²) >= 11 is 5.97. The Balaban J connectivity index is 2.15. The lowest BCUT2D eigenvalue weighted by atomic mass is 10.0. The van der Waals surface area contributed by atoms with Crippen LogP contribution in [0.1, 0.15) is 50.1 Å². The molecular weight excluding hydrogens is 291 g/mol. The first kappa shape index (κ1) is 16.0. The van der Waals surface area contributed by atoms with E-state index in [1.807, 2.05) is 16.9 Å². The van der Waals surface area contributed by atoms with Crippen molar-refractivity contribution in [1.82, 2.24) is 9.78 Å². The second-order valence-electron chi connectivity index (χ2n) is 5.11. The lowest BCUT2D eigenvalue weighted by molar-refractivity contribution is 0.172. The molecule has 1 aromatic heterocycles. The average Bonchev–Trinajstić information content (AvgIpc) is 2.88. The molecule has 0 aliphatic rings. The molecule has 2 aromatic rings. The van der Waals surface area contributed by atoms with E-state index >= 15 is 0 Å². The second-order valence-corrected chi connectivity index (χ2v) is 5.52. The fraction of sp³-hybridized carbons (Fsp3) is 0.438. The lowest BCUT2D eigenvalue weighted by Gasteiger charge is -2.14. The van der Waals surface area contributed by atoms with E-state index in [0.717, 1.165) is 18.5 Å². The van der Waals surface area contributed by atoms with Crippen molar-refractivity contribution < 1.29 is 9.50 Å². The summed E-state index contributed by atoms with van der Waals surface area (Å²) in [6.07, 6.45) is 3.15. The van der Waals surface area contributed by atoms with Crippen molar-refractivity contribution in [2.45, 2.75) is 45.3 Å². The summed E-state index contributed by atoms with van der Waals surface area (Å²) in [5, 5.41) is 14.9. The summed E-state index contributed by atoms with van der Waals surface area (Å²) in [6.45, 7) is 4.23. The van der Waals surface area contributed by atoms with Crippen molar-refractivity contribution in [3.63, 3.8) is 0 Å². The maximum Gasteiger partial charge on any atom is 0.130 e. The highest BCUT2D eigenvalue weighted by molar-refractivity contribution is 6.31. The lowest BCUT2D eigenvalue weighted by Crippen LogP contribution is -2.10. The van der Waals surface area contributed by atoms with Crippen molar-refractivity contribution >= 4 is 11.6 Å². The highest BCUT2D eigenvalue weighted by Crippen LogP contribution is 2.28. The van der Waals surface area contributed by atoms with Crippen molar-refractivity contribution in [3.8, 4) is 0 Å². The number of aromatic nitrogens is 2. The van der Waals surface area contributed by atoms with Crippen LogP contribution >= 0.6 is 11.6 Å². The van der Waals surface area contributed by atoms with E-state index < -0.39 is 11.9 Å². The fourth-order valence-electron chi connectivity index (χ4n) is 2.48. The monoisotopic (exact) mass is 310 g/mol. The first-order chi connectivity index (χ1) is 10.1. The van der Waals surface area contributed by atoms with Crippen LogP contribution in [0.5, 0.6) is 0 Å². The van der Waals surface area contributed by atoms with Gasteiger partial charge < -0.3 is 5.11 Å². The Hall–Kier alpha value is -1.39. The third-order valence-corrected chi connectivity index (χ3v) is 4.05. The van der Waals surface area contributed by atoms with Gasteiger partial charge in [0, 0.05) is 23.2 Å². The number of aliphatic hydroxyl groups is 1. The Morgan fingerprint density at radius 1 is 1.29 bits per heavy atom. The molecule has 3 nitrogen and oxygen atoms in total. The van der Waals surface area contributed by atoms with Crippen LogP contribution in [0.3, 0.4) is 0 Å². The highest BCUT2D eigenvalue weighted by atomic mass is 35.5. The molecule has 0 radical (unpaired) electrons. The smallest absolute Gasteiger partial charge is 0.130 e. The minimum absolute atomic E-state index is 0.135. The molecule has 0 amide bonds. The van der Waals surface area contributed by atoms with E-state index in [0.29, 0.717) is 6.04 Å². The molecular formula is C16H20ClFN2O. The number of rotatable bonds is 6. The molecule has 0 aliphatic heterocycles. The number of aliphatic hydroxyl groups excluding tert-OH is 1. The number of hydrogen-bond donors (Lipinski definition) is 1. The largest absolute Gasteiger partial charge is 0.388 e. The standard InChI is InChI=1S/C16H20ClFN2O/c1-3-12(4-2)20-9-8-11(19-20)10-15(21)16-13(17)6-5-7-14(16)18/h5-9,12,15,21H,3-4,10H2,1-2H3. The molecule has 114 valence electrons. The van der Waals surface area contributed by atoms with Crippen molar-refractivity contribution in [2.24, 2.45) is 0 Å². The third kappa shape index (κ3) is 3.63. The minimum atomic E-state index is -0.997. The van der Waals surface area contributed by atoms with Crippen LogP contribution in [0, 0.1) is 5.82 Å². The van der Waals surface area contributed by atoms with E-state index in [1.165, 1.54) is 12.1 Å². The molecule has 21 heavy (non-hydrogen) atoms. The van der Waals surface area contributed by atoms with Crippen LogP contribution in [0.15, 0.2) is 30.5 Å². The van der Waals surface area contributed by atoms with Crippen molar-refractivity contribution in [3.05, 3.63) is 52.6 Å². The second kappa shape index (κ2) is 7.05. The van der Waals surface area contributed by atoms with Gasteiger partial charge in [-0.05, 0) is 31.0 Å². The predicted molar refractivity (Wildman–Crippen MR) is 81.9 cm³/mol.